The standard InChI is InChI=1S/C13H17N5O2S/c1-3-8-14-12(19)9-21-13-15-16-17-18(13)10-4-6-11(20-2)7-5-10/h4-7H,3,8-9H2,1-2H3,(H,14,19). The summed E-state index contributed by atoms with van der Waals surface area (Å²) >= 11 is 1.30. The molecule has 0 unspecified atom stereocenters. The van der Waals surface area contributed by atoms with E-state index in [-0.39, 0.29) is 11.7 Å². The van der Waals surface area contributed by atoms with E-state index < -0.39 is 0 Å². The molecular weight excluding hydrogens is 290 g/mol. The van der Waals surface area contributed by atoms with Gasteiger partial charge in [-0.15, -0.1) is 5.10 Å². The van der Waals surface area contributed by atoms with Gasteiger partial charge in [0.2, 0.25) is 11.1 Å². The lowest BCUT2D eigenvalue weighted by Crippen LogP contribution is -2.25. The van der Waals surface area contributed by atoms with E-state index in [4.69, 9.17) is 4.74 Å². The quantitative estimate of drug-likeness (QED) is 0.776. The van der Waals surface area contributed by atoms with E-state index in [1.807, 2.05) is 31.2 Å². The maximum absolute atomic E-state index is 11.6. The first-order valence-electron chi connectivity index (χ1n) is 6.57. The maximum Gasteiger partial charge on any atom is 0.230 e. The number of amides is 1. The minimum absolute atomic E-state index is 0.0221. The van der Waals surface area contributed by atoms with Gasteiger partial charge < -0.3 is 10.1 Å². The van der Waals surface area contributed by atoms with Crippen LogP contribution in [0.15, 0.2) is 29.4 Å². The fourth-order valence-electron chi connectivity index (χ4n) is 1.60. The van der Waals surface area contributed by atoms with Gasteiger partial charge in [-0.05, 0) is 41.1 Å². The lowest BCUT2D eigenvalue weighted by atomic mass is 10.3. The molecule has 1 amide bonds. The van der Waals surface area contributed by atoms with Crippen LogP contribution in [0.2, 0.25) is 0 Å². The molecule has 0 aliphatic carbocycles. The molecule has 2 rings (SSSR count). The van der Waals surface area contributed by atoms with Crippen molar-refractivity contribution in [3.8, 4) is 11.4 Å². The van der Waals surface area contributed by atoms with E-state index in [0.29, 0.717) is 11.7 Å². The average Bonchev–Trinajstić information content (AvgIpc) is 2.99. The van der Waals surface area contributed by atoms with Crippen molar-refractivity contribution in [2.24, 2.45) is 0 Å². The second-order valence-corrected chi connectivity index (χ2v) is 5.15. The van der Waals surface area contributed by atoms with Gasteiger partial charge >= 0.3 is 0 Å². The predicted octanol–water partition coefficient (Wildman–Crippen LogP) is 1.29. The van der Waals surface area contributed by atoms with Crippen LogP contribution in [0.5, 0.6) is 5.75 Å². The maximum atomic E-state index is 11.6. The van der Waals surface area contributed by atoms with Gasteiger partial charge in [0, 0.05) is 6.54 Å². The molecule has 0 saturated heterocycles. The third-order valence-electron chi connectivity index (χ3n) is 2.66. The van der Waals surface area contributed by atoms with E-state index >= 15 is 0 Å². The number of nitrogens with one attached hydrogen (secondary N) is 1. The van der Waals surface area contributed by atoms with Crippen LogP contribution in [0.4, 0.5) is 0 Å². The van der Waals surface area contributed by atoms with Crippen LogP contribution in [-0.4, -0.2) is 45.5 Å². The molecule has 8 heteroatoms. The van der Waals surface area contributed by atoms with Gasteiger partial charge in [-0.1, -0.05) is 18.7 Å². The molecule has 0 bridgehead atoms. The van der Waals surface area contributed by atoms with Crippen molar-refractivity contribution in [3.63, 3.8) is 0 Å². The van der Waals surface area contributed by atoms with Crippen LogP contribution in [-0.2, 0) is 4.79 Å². The molecule has 1 aromatic heterocycles. The normalized spacial score (nSPS) is 10.4. The van der Waals surface area contributed by atoms with E-state index in [2.05, 4.69) is 20.8 Å². The summed E-state index contributed by atoms with van der Waals surface area (Å²) in [5, 5.41) is 14.9. The van der Waals surface area contributed by atoms with Crippen LogP contribution >= 0.6 is 11.8 Å². The average molecular weight is 307 g/mol. The van der Waals surface area contributed by atoms with Gasteiger partial charge in [0.05, 0.1) is 18.6 Å². The first-order chi connectivity index (χ1) is 10.2. The zero-order chi connectivity index (χ0) is 15.1. The number of thioether (sulfide) groups is 1. The van der Waals surface area contributed by atoms with Crippen molar-refractivity contribution in [2.75, 3.05) is 19.4 Å². The van der Waals surface area contributed by atoms with Crippen LogP contribution in [0.3, 0.4) is 0 Å². The fraction of sp³-hybridized carbons (Fsp3) is 0.385. The Balaban J connectivity index is 2.02. The third-order valence-corrected chi connectivity index (χ3v) is 3.58. The molecular formula is C13H17N5O2S. The van der Waals surface area contributed by atoms with Gasteiger partial charge in [0.1, 0.15) is 5.75 Å². The van der Waals surface area contributed by atoms with Gasteiger partial charge in [-0.3, -0.25) is 4.79 Å². The number of ether oxygens (including phenoxy) is 1. The molecule has 0 radical (unpaired) electrons. The molecule has 0 atom stereocenters. The van der Waals surface area contributed by atoms with Gasteiger partial charge in [0.25, 0.3) is 0 Å². The summed E-state index contributed by atoms with van der Waals surface area (Å²) in [5.41, 5.74) is 0.817. The molecule has 112 valence electrons. The van der Waals surface area contributed by atoms with E-state index in [0.717, 1.165) is 17.9 Å². The van der Waals surface area contributed by atoms with E-state index in [9.17, 15) is 4.79 Å². The van der Waals surface area contributed by atoms with Gasteiger partial charge in [0.15, 0.2) is 0 Å². The van der Waals surface area contributed by atoms with Crippen molar-refractivity contribution in [1.82, 2.24) is 25.5 Å². The van der Waals surface area contributed by atoms with Crippen molar-refractivity contribution < 1.29 is 9.53 Å². The van der Waals surface area contributed by atoms with Crippen molar-refractivity contribution >= 4 is 17.7 Å². The van der Waals surface area contributed by atoms with Crippen molar-refractivity contribution in [1.29, 1.82) is 0 Å². The van der Waals surface area contributed by atoms with E-state index in [1.165, 1.54) is 11.8 Å². The number of hydrogen-bond donors (Lipinski definition) is 1. The highest BCUT2D eigenvalue weighted by Crippen LogP contribution is 2.19. The molecule has 0 saturated carbocycles. The molecule has 0 aliphatic rings. The number of nitrogens with zero attached hydrogens (tertiary/aromatic N) is 4. The summed E-state index contributed by atoms with van der Waals surface area (Å²) in [6.45, 7) is 2.69. The Morgan fingerprint density at radius 3 is 2.81 bits per heavy atom. The first-order valence-corrected chi connectivity index (χ1v) is 7.55. The summed E-state index contributed by atoms with van der Waals surface area (Å²) in [6.07, 6.45) is 0.917. The lowest BCUT2D eigenvalue weighted by Gasteiger charge is -2.06. The Morgan fingerprint density at radius 2 is 2.14 bits per heavy atom. The Morgan fingerprint density at radius 1 is 1.38 bits per heavy atom. The molecule has 0 aliphatic heterocycles. The molecule has 1 N–H and O–H groups in total. The highest BCUT2D eigenvalue weighted by atomic mass is 32.2. The fourth-order valence-corrected chi connectivity index (χ4v) is 2.32. The highest BCUT2D eigenvalue weighted by molar-refractivity contribution is 7.99. The largest absolute Gasteiger partial charge is 0.497 e. The molecule has 1 heterocycles. The molecule has 21 heavy (non-hydrogen) atoms. The summed E-state index contributed by atoms with van der Waals surface area (Å²) in [5.74, 6) is 1.03. The Kier molecular flexibility index (Phi) is 5.56. The summed E-state index contributed by atoms with van der Waals surface area (Å²) < 4.78 is 6.71. The molecule has 0 fully saturated rings. The Bertz CT molecular complexity index is 585. The van der Waals surface area contributed by atoms with E-state index in [1.54, 1.807) is 11.8 Å². The van der Waals surface area contributed by atoms with Crippen LogP contribution in [0.25, 0.3) is 5.69 Å². The summed E-state index contributed by atoms with van der Waals surface area (Å²) in [7, 11) is 1.61. The van der Waals surface area contributed by atoms with Crippen molar-refractivity contribution in [3.05, 3.63) is 24.3 Å². The number of tetrazole rings is 1. The number of hydrogen-bond acceptors (Lipinski definition) is 6. The molecule has 0 spiro atoms. The minimum Gasteiger partial charge on any atom is -0.497 e. The van der Waals surface area contributed by atoms with Gasteiger partial charge in [-0.25, -0.2) is 0 Å². The number of benzene rings is 1. The Hall–Kier alpha value is -2.09. The van der Waals surface area contributed by atoms with Crippen LogP contribution in [0.1, 0.15) is 13.3 Å². The monoisotopic (exact) mass is 307 g/mol. The second-order valence-electron chi connectivity index (χ2n) is 4.21. The predicted molar refractivity (Wildman–Crippen MR) is 79.7 cm³/mol. The number of methoxy groups -OCH3 is 1. The van der Waals surface area contributed by atoms with Crippen molar-refractivity contribution in [2.45, 2.75) is 18.5 Å². The zero-order valence-corrected chi connectivity index (χ0v) is 12.8. The van der Waals surface area contributed by atoms with Crippen LogP contribution < -0.4 is 10.1 Å². The molecule has 7 nitrogen and oxygen atoms in total. The van der Waals surface area contributed by atoms with Gasteiger partial charge in [-0.2, -0.15) is 4.68 Å². The molecule has 2 aromatic rings. The summed E-state index contributed by atoms with van der Waals surface area (Å²) in [6, 6.07) is 7.38. The minimum atomic E-state index is -0.0221. The first kappa shape index (κ1) is 15.3. The smallest absolute Gasteiger partial charge is 0.230 e. The third kappa shape index (κ3) is 4.19. The zero-order valence-electron chi connectivity index (χ0n) is 11.9. The molecule has 1 aromatic carbocycles. The number of rotatable bonds is 7. The number of aromatic nitrogens is 4. The summed E-state index contributed by atoms with van der Waals surface area (Å²) in [4.78, 5) is 11.6. The van der Waals surface area contributed by atoms with Crippen LogP contribution in [0, 0.1) is 0 Å². The number of carbonyl (C=O) groups excluding carboxylic acids is 1. The highest BCUT2D eigenvalue weighted by Gasteiger charge is 2.11. The second kappa shape index (κ2) is 7.63. The topological polar surface area (TPSA) is 81.9 Å². The number of carbonyl (C=O) groups is 1. The Labute approximate surface area is 127 Å². The SMILES string of the molecule is CCCNC(=O)CSc1nnnn1-c1ccc(OC)cc1. The lowest BCUT2D eigenvalue weighted by molar-refractivity contribution is -0.118.